The molecule has 3 aromatic rings. The Hall–Kier alpha value is -3.30. The fraction of sp³-hybridized carbons (Fsp3) is 0.300. The van der Waals surface area contributed by atoms with Crippen molar-refractivity contribution in [1.82, 2.24) is 14.9 Å². The van der Waals surface area contributed by atoms with Crippen LogP contribution in [0.25, 0.3) is 10.9 Å². The van der Waals surface area contributed by atoms with Gasteiger partial charge in [0.05, 0.1) is 11.3 Å². The third kappa shape index (κ3) is 4.17. The molecule has 6 nitrogen and oxygen atoms in total. The fourth-order valence-electron chi connectivity index (χ4n) is 3.54. The van der Waals surface area contributed by atoms with Crippen molar-refractivity contribution in [3.8, 4) is 0 Å². The lowest BCUT2D eigenvalue weighted by atomic mass is 10.1. The summed E-state index contributed by atoms with van der Waals surface area (Å²) in [5, 5.41) is 2.90. The molecule has 30 heavy (non-hydrogen) atoms. The van der Waals surface area contributed by atoms with E-state index < -0.39 is 18.5 Å². The average Bonchev–Trinajstić information content (AvgIpc) is 3.14. The third-order valence-corrected chi connectivity index (χ3v) is 5.01. The first-order chi connectivity index (χ1) is 14.3. The number of benzene rings is 1. The molecule has 2 N–H and O–H groups in total. The van der Waals surface area contributed by atoms with Crippen LogP contribution in [0.15, 0.2) is 42.7 Å². The Morgan fingerprint density at radius 3 is 2.67 bits per heavy atom. The van der Waals surface area contributed by atoms with Gasteiger partial charge in [-0.2, -0.15) is 13.2 Å². The summed E-state index contributed by atoms with van der Waals surface area (Å²) in [5.41, 5.74) is 1.36. The van der Waals surface area contributed by atoms with Crippen LogP contribution in [0.5, 0.6) is 0 Å². The van der Waals surface area contributed by atoms with Crippen molar-refractivity contribution in [3.63, 3.8) is 0 Å². The predicted molar refractivity (Wildman–Crippen MR) is 105 cm³/mol. The highest BCUT2D eigenvalue weighted by Gasteiger charge is 2.29. The normalized spacial score (nSPS) is 14.9. The number of carbonyl (C=O) groups is 1. The number of carbonyl (C=O) groups excluding carboxylic acids is 1. The molecule has 1 saturated heterocycles. The summed E-state index contributed by atoms with van der Waals surface area (Å²) >= 11 is 0. The first-order valence-corrected chi connectivity index (χ1v) is 9.38. The van der Waals surface area contributed by atoms with E-state index in [4.69, 9.17) is 0 Å². The zero-order chi connectivity index (χ0) is 21.3. The standard InChI is InChI=1S/C20H19F4N5O/c21-13-3-4-16-14(10-13)15(11-26-16)19(30)29-8-6-28(7-9-29)18-17(2-1-5-25-18)27-12-20(22,23)24/h1-5,10-11,26-27H,6-9,12H2. The first-order valence-electron chi connectivity index (χ1n) is 9.38. The number of piperazine rings is 1. The molecule has 4 rings (SSSR count). The minimum absolute atomic E-state index is 0.219. The summed E-state index contributed by atoms with van der Waals surface area (Å²) in [7, 11) is 0. The molecule has 0 spiro atoms. The number of hydrogen-bond acceptors (Lipinski definition) is 4. The molecule has 158 valence electrons. The SMILES string of the molecule is O=C(c1c[nH]c2ccc(F)cc12)N1CCN(c2ncccc2NCC(F)(F)F)CC1. The van der Waals surface area contributed by atoms with Gasteiger partial charge in [0.1, 0.15) is 12.4 Å². The lowest BCUT2D eigenvalue weighted by molar-refractivity contribution is -0.115. The molecule has 0 bridgehead atoms. The zero-order valence-corrected chi connectivity index (χ0v) is 15.8. The Bertz CT molecular complexity index is 1060. The van der Waals surface area contributed by atoms with Crippen LogP contribution in [0.3, 0.4) is 0 Å². The van der Waals surface area contributed by atoms with Crippen molar-refractivity contribution in [3.05, 3.63) is 54.1 Å². The Kier molecular flexibility index (Phi) is 5.23. The Morgan fingerprint density at radius 2 is 1.93 bits per heavy atom. The van der Waals surface area contributed by atoms with Crippen LogP contribution >= 0.6 is 0 Å². The van der Waals surface area contributed by atoms with Gasteiger partial charge >= 0.3 is 6.18 Å². The van der Waals surface area contributed by atoms with Crippen LogP contribution in [0.1, 0.15) is 10.4 Å². The lowest BCUT2D eigenvalue weighted by Gasteiger charge is -2.36. The molecule has 1 amide bonds. The summed E-state index contributed by atoms with van der Waals surface area (Å²) in [5.74, 6) is -0.221. The number of alkyl halides is 3. The molecule has 1 aliphatic rings. The summed E-state index contributed by atoms with van der Waals surface area (Å²) in [4.78, 5) is 23.6. The summed E-state index contributed by atoms with van der Waals surface area (Å²) < 4.78 is 51.3. The Morgan fingerprint density at radius 1 is 1.17 bits per heavy atom. The third-order valence-electron chi connectivity index (χ3n) is 5.01. The van der Waals surface area contributed by atoms with Crippen LogP contribution in [0, 0.1) is 5.82 Å². The van der Waals surface area contributed by atoms with E-state index in [0.29, 0.717) is 54.2 Å². The first kappa shape index (κ1) is 20.0. The van der Waals surface area contributed by atoms with Gasteiger partial charge in [-0.05, 0) is 30.3 Å². The van der Waals surface area contributed by atoms with Gasteiger partial charge in [-0.3, -0.25) is 4.79 Å². The molecule has 0 radical (unpaired) electrons. The van der Waals surface area contributed by atoms with Crippen molar-refractivity contribution in [2.24, 2.45) is 0 Å². The number of anilines is 2. The smallest absolute Gasteiger partial charge is 0.373 e. The van der Waals surface area contributed by atoms with E-state index in [1.54, 1.807) is 29.3 Å². The van der Waals surface area contributed by atoms with Crippen molar-refractivity contribution in [2.45, 2.75) is 6.18 Å². The number of amides is 1. The van der Waals surface area contributed by atoms with Crippen LogP contribution in [0.2, 0.25) is 0 Å². The quantitative estimate of drug-likeness (QED) is 0.632. The van der Waals surface area contributed by atoms with Crippen LogP contribution in [-0.2, 0) is 0 Å². The highest BCUT2D eigenvalue weighted by atomic mass is 19.4. The molecule has 1 aromatic carbocycles. The average molecular weight is 421 g/mol. The van der Waals surface area contributed by atoms with Gasteiger partial charge in [0.25, 0.3) is 5.91 Å². The van der Waals surface area contributed by atoms with Gasteiger partial charge < -0.3 is 20.1 Å². The second-order valence-electron chi connectivity index (χ2n) is 7.01. The number of aromatic nitrogens is 2. The number of pyridine rings is 1. The maximum Gasteiger partial charge on any atom is 0.405 e. The van der Waals surface area contributed by atoms with Gasteiger partial charge in [0, 0.05) is 49.5 Å². The molecule has 0 saturated carbocycles. The van der Waals surface area contributed by atoms with E-state index in [1.807, 2.05) is 4.90 Å². The molecule has 1 fully saturated rings. The van der Waals surface area contributed by atoms with Crippen LogP contribution < -0.4 is 10.2 Å². The molecule has 0 atom stereocenters. The largest absolute Gasteiger partial charge is 0.405 e. The van der Waals surface area contributed by atoms with Crippen LogP contribution in [0.4, 0.5) is 29.1 Å². The van der Waals surface area contributed by atoms with Gasteiger partial charge in [0.15, 0.2) is 5.82 Å². The highest BCUT2D eigenvalue weighted by molar-refractivity contribution is 6.06. The second-order valence-corrected chi connectivity index (χ2v) is 7.01. The van der Waals surface area contributed by atoms with Gasteiger partial charge in [-0.25, -0.2) is 9.37 Å². The highest BCUT2D eigenvalue weighted by Crippen LogP contribution is 2.27. The molecule has 1 aliphatic heterocycles. The van der Waals surface area contributed by atoms with E-state index in [0.717, 1.165) is 0 Å². The number of halogens is 4. The maximum atomic E-state index is 13.6. The van der Waals surface area contributed by atoms with Crippen molar-refractivity contribution < 1.29 is 22.4 Å². The summed E-state index contributed by atoms with van der Waals surface area (Å²) in [6, 6.07) is 7.34. The van der Waals surface area contributed by atoms with E-state index in [2.05, 4.69) is 15.3 Å². The molecule has 3 heterocycles. The monoisotopic (exact) mass is 421 g/mol. The predicted octanol–water partition coefficient (Wildman–Crippen LogP) is 3.64. The molecule has 0 unspecified atom stereocenters. The number of hydrogen-bond donors (Lipinski definition) is 2. The van der Waals surface area contributed by atoms with Crippen LogP contribution in [-0.4, -0.2) is 59.7 Å². The zero-order valence-electron chi connectivity index (χ0n) is 15.8. The summed E-state index contributed by atoms with van der Waals surface area (Å²) in [6.07, 6.45) is -1.25. The van der Waals surface area contributed by atoms with Gasteiger partial charge in [0.2, 0.25) is 0 Å². The number of H-pyrrole nitrogens is 1. The number of nitrogens with zero attached hydrogens (tertiary/aromatic N) is 3. The molecule has 0 aliphatic carbocycles. The second kappa shape index (κ2) is 7.85. The van der Waals surface area contributed by atoms with E-state index in [-0.39, 0.29) is 5.91 Å². The summed E-state index contributed by atoms with van der Waals surface area (Å²) in [6.45, 7) is 0.424. The number of aromatic amines is 1. The Labute approximate surface area is 169 Å². The van der Waals surface area contributed by atoms with Crippen molar-refractivity contribution >= 4 is 28.3 Å². The van der Waals surface area contributed by atoms with E-state index in [1.165, 1.54) is 18.3 Å². The van der Waals surface area contributed by atoms with Crippen molar-refractivity contribution in [2.75, 3.05) is 42.9 Å². The number of nitrogens with one attached hydrogen (secondary N) is 2. The molecule has 10 heteroatoms. The fourth-order valence-corrected chi connectivity index (χ4v) is 3.54. The van der Waals surface area contributed by atoms with E-state index in [9.17, 15) is 22.4 Å². The molecular formula is C20H19F4N5O. The lowest BCUT2D eigenvalue weighted by Crippen LogP contribution is -2.49. The number of rotatable bonds is 4. The maximum absolute atomic E-state index is 13.6. The van der Waals surface area contributed by atoms with Crippen molar-refractivity contribution in [1.29, 1.82) is 0 Å². The minimum Gasteiger partial charge on any atom is -0.373 e. The minimum atomic E-state index is -4.34. The Balaban J connectivity index is 1.45. The van der Waals surface area contributed by atoms with E-state index >= 15 is 0 Å². The number of fused-ring (bicyclic) bond motifs is 1. The van der Waals surface area contributed by atoms with Gasteiger partial charge in [-0.15, -0.1) is 0 Å². The van der Waals surface area contributed by atoms with Gasteiger partial charge in [-0.1, -0.05) is 0 Å². The molecular weight excluding hydrogens is 402 g/mol. The molecule has 2 aromatic heterocycles. The topological polar surface area (TPSA) is 64.3 Å².